The van der Waals surface area contributed by atoms with E-state index in [1.165, 1.54) is 16.4 Å². The molecule has 2 aliphatic carbocycles. The van der Waals surface area contributed by atoms with E-state index in [-0.39, 0.29) is 11.5 Å². The van der Waals surface area contributed by atoms with Crippen LogP contribution in [0.1, 0.15) is 68.2 Å². The molecule has 1 saturated heterocycles. The number of aliphatic hydroxyl groups excluding tert-OH is 1. The van der Waals surface area contributed by atoms with Crippen LogP contribution in [0.4, 0.5) is 4.39 Å². The molecule has 1 aromatic rings. The van der Waals surface area contributed by atoms with Gasteiger partial charge in [-0.25, -0.2) is 4.39 Å². The van der Waals surface area contributed by atoms with Gasteiger partial charge in [-0.1, -0.05) is 0 Å². The van der Waals surface area contributed by atoms with Gasteiger partial charge in [0, 0.05) is 24.7 Å². The fraction of sp³-hybridized carbons (Fsp3) is 0.700. The highest BCUT2D eigenvalue weighted by Crippen LogP contribution is 2.46. The highest BCUT2D eigenvalue weighted by atomic mass is 35.5. The van der Waals surface area contributed by atoms with Crippen molar-refractivity contribution in [3.8, 4) is 5.75 Å². The molecule has 0 spiro atoms. The first-order valence-electron chi connectivity index (χ1n) is 10.4. The molecule has 0 radical (unpaired) electrons. The van der Waals surface area contributed by atoms with Gasteiger partial charge in [-0.3, -0.25) is 0 Å². The third-order valence-electron chi connectivity index (χ3n) is 6.17. The summed E-state index contributed by atoms with van der Waals surface area (Å²) in [5.74, 6) is 0.310. The van der Waals surface area contributed by atoms with Crippen molar-refractivity contribution in [1.29, 1.82) is 0 Å². The molecule has 3 fully saturated rings. The normalized spacial score (nSPS) is 23.7. The molecule has 2 saturated carbocycles. The van der Waals surface area contributed by atoms with Crippen molar-refractivity contribution in [2.24, 2.45) is 5.92 Å². The minimum atomic E-state index is -3.84. The van der Waals surface area contributed by atoms with Gasteiger partial charge in [-0.15, -0.1) is 23.2 Å². The van der Waals surface area contributed by atoms with Crippen LogP contribution < -0.4 is 9.46 Å². The van der Waals surface area contributed by atoms with E-state index >= 15 is 0 Å². The first-order chi connectivity index (χ1) is 14.1. The molecule has 1 aliphatic heterocycles. The summed E-state index contributed by atoms with van der Waals surface area (Å²) in [6.07, 6.45) is 4.16. The van der Waals surface area contributed by atoms with E-state index in [9.17, 15) is 17.9 Å². The van der Waals surface area contributed by atoms with Crippen LogP contribution >= 0.6 is 23.2 Å². The number of halogens is 3. The minimum absolute atomic E-state index is 0.0833. The number of ether oxygens (including phenoxy) is 1. The molecule has 168 valence electrons. The first-order valence-corrected chi connectivity index (χ1v) is 12.6. The lowest BCUT2D eigenvalue weighted by atomic mass is 9.89. The van der Waals surface area contributed by atoms with Crippen molar-refractivity contribution < 1.29 is 22.7 Å². The lowest BCUT2D eigenvalue weighted by Gasteiger charge is -2.31. The number of nitrogens with one attached hydrogen (secondary N) is 1. The average molecular weight is 481 g/mol. The predicted molar refractivity (Wildman–Crippen MR) is 113 cm³/mol. The summed E-state index contributed by atoms with van der Waals surface area (Å²) in [5, 5.41) is 10.4. The number of hydrogen-bond acceptors (Lipinski definition) is 4. The van der Waals surface area contributed by atoms with Gasteiger partial charge in [0.25, 0.3) is 10.2 Å². The van der Waals surface area contributed by atoms with Crippen molar-refractivity contribution in [2.75, 3.05) is 19.7 Å². The maximum atomic E-state index is 14.8. The lowest BCUT2D eigenvalue weighted by Crippen LogP contribution is -2.49. The van der Waals surface area contributed by atoms with E-state index in [4.69, 9.17) is 27.9 Å². The standard InChI is InChI=1S/C20H27Cl2FN2O4S/c21-20(22)6-4-13(5-7-20)12-29-18-11-17(23)16(10-15(18)14-2-3-14)19(26)24-30(27,28)25-8-1-9-25/h10-11,13-14,19,24,26H,1-9,12H2. The van der Waals surface area contributed by atoms with Crippen LogP contribution in [0.2, 0.25) is 0 Å². The Morgan fingerprint density at radius 2 is 1.90 bits per heavy atom. The molecule has 4 rings (SSSR count). The molecular formula is C20H27Cl2FN2O4S. The van der Waals surface area contributed by atoms with Crippen molar-refractivity contribution >= 4 is 33.4 Å². The smallest absolute Gasteiger partial charge is 0.281 e. The second-order valence-electron chi connectivity index (χ2n) is 8.57. The van der Waals surface area contributed by atoms with Crippen molar-refractivity contribution in [3.05, 3.63) is 29.1 Å². The predicted octanol–water partition coefficient (Wildman–Crippen LogP) is 3.98. The van der Waals surface area contributed by atoms with Crippen molar-refractivity contribution in [2.45, 2.75) is 61.4 Å². The maximum absolute atomic E-state index is 14.8. The Balaban J connectivity index is 1.46. The Labute approximate surface area is 186 Å². The van der Waals surface area contributed by atoms with E-state index in [0.717, 1.165) is 37.7 Å². The Bertz CT molecular complexity index is 881. The second-order valence-corrected chi connectivity index (χ2v) is 11.9. The number of nitrogens with zero attached hydrogens (tertiary/aromatic N) is 1. The van der Waals surface area contributed by atoms with Gasteiger partial charge in [-0.2, -0.15) is 17.4 Å². The topological polar surface area (TPSA) is 78.9 Å². The van der Waals surface area contributed by atoms with E-state index in [1.54, 1.807) is 0 Å². The zero-order chi connectivity index (χ0) is 21.5. The van der Waals surface area contributed by atoms with Gasteiger partial charge >= 0.3 is 0 Å². The number of aliphatic hydroxyl groups is 1. The first kappa shape index (κ1) is 22.6. The van der Waals surface area contributed by atoms with E-state index < -0.39 is 26.6 Å². The highest BCUT2D eigenvalue weighted by Gasteiger charge is 2.34. The fourth-order valence-electron chi connectivity index (χ4n) is 3.92. The third-order valence-corrected chi connectivity index (χ3v) is 8.49. The van der Waals surface area contributed by atoms with Crippen LogP contribution in [0.15, 0.2) is 12.1 Å². The van der Waals surface area contributed by atoms with Gasteiger partial charge in [0.2, 0.25) is 0 Å². The molecule has 30 heavy (non-hydrogen) atoms. The van der Waals surface area contributed by atoms with Gasteiger partial charge < -0.3 is 9.84 Å². The Hall–Kier alpha value is -0.640. The number of rotatable bonds is 8. The molecular weight excluding hydrogens is 454 g/mol. The molecule has 2 N–H and O–H groups in total. The van der Waals surface area contributed by atoms with Gasteiger partial charge in [-0.05, 0) is 68.4 Å². The lowest BCUT2D eigenvalue weighted by molar-refractivity contribution is 0.155. The molecule has 6 nitrogen and oxygen atoms in total. The van der Waals surface area contributed by atoms with E-state index in [2.05, 4.69) is 4.72 Å². The fourth-order valence-corrected chi connectivity index (χ4v) is 5.65. The van der Waals surface area contributed by atoms with Crippen LogP contribution in [0.5, 0.6) is 5.75 Å². The maximum Gasteiger partial charge on any atom is 0.281 e. The van der Waals surface area contributed by atoms with Gasteiger partial charge in [0.15, 0.2) is 0 Å². The molecule has 3 aliphatic rings. The van der Waals surface area contributed by atoms with Crippen LogP contribution in [0.25, 0.3) is 0 Å². The van der Waals surface area contributed by atoms with Crippen LogP contribution in [0, 0.1) is 11.7 Å². The molecule has 1 heterocycles. The second kappa shape index (κ2) is 8.71. The highest BCUT2D eigenvalue weighted by molar-refractivity contribution is 7.87. The van der Waals surface area contributed by atoms with Crippen LogP contribution in [-0.4, -0.2) is 41.9 Å². The molecule has 0 amide bonds. The summed E-state index contributed by atoms with van der Waals surface area (Å²) in [6.45, 7) is 1.26. The van der Waals surface area contributed by atoms with E-state index in [0.29, 0.717) is 44.2 Å². The SMILES string of the molecule is O=S(=O)(NC(O)c1cc(C2CC2)c(OCC2CCC(Cl)(Cl)CC2)cc1F)N1CCC1. The zero-order valence-corrected chi connectivity index (χ0v) is 18.9. The molecule has 1 aromatic carbocycles. The Morgan fingerprint density at radius 3 is 2.47 bits per heavy atom. The monoisotopic (exact) mass is 480 g/mol. The molecule has 0 bridgehead atoms. The van der Waals surface area contributed by atoms with Crippen molar-refractivity contribution in [1.82, 2.24) is 9.03 Å². The largest absolute Gasteiger partial charge is 0.493 e. The van der Waals surface area contributed by atoms with Crippen molar-refractivity contribution in [3.63, 3.8) is 0 Å². The van der Waals surface area contributed by atoms with Gasteiger partial charge in [0.1, 0.15) is 22.1 Å². The van der Waals surface area contributed by atoms with Crippen LogP contribution in [-0.2, 0) is 10.2 Å². The molecule has 1 atom stereocenters. The summed E-state index contributed by atoms with van der Waals surface area (Å²) >= 11 is 12.4. The summed E-state index contributed by atoms with van der Waals surface area (Å²) in [7, 11) is -3.84. The molecule has 10 heteroatoms. The number of benzene rings is 1. The summed E-state index contributed by atoms with van der Waals surface area (Å²) in [4.78, 5) is 0. The quantitative estimate of drug-likeness (QED) is 0.435. The van der Waals surface area contributed by atoms with E-state index in [1.807, 2.05) is 0 Å². The minimum Gasteiger partial charge on any atom is -0.493 e. The summed E-state index contributed by atoms with van der Waals surface area (Å²) in [6, 6.07) is 2.80. The molecule has 1 unspecified atom stereocenters. The molecule has 0 aromatic heterocycles. The summed E-state index contributed by atoms with van der Waals surface area (Å²) < 4.78 is 47.9. The number of hydrogen-bond donors (Lipinski definition) is 2. The van der Waals surface area contributed by atoms with Crippen LogP contribution in [0.3, 0.4) is 0 Å². The Kier molecular flexibility index (Phi) is 6.55. The Morgan fingerprint density at radius 1 is 1.23 bits per heavy atom. The number of alkyl halides is 2. The van der Waals surface area contributed by atoms with Gasteiger partial charge in [0.05, 0.1) is 6.61 Å². The summed E-state index contributed by atoms with van der Waals surface area (Å²) in [5.41, 5.74) is 0.730. The average Bonchev–Trinajstić information content (AvgIpc) is 3.43. The zero-order valence-electron chi connectivity index (χ0n) is 16.6. The third kappa shape index (κ3) is 5.22.